The van der Waals surface area contributed by atoms with Gasteiger partial charge in [-0.15, -0.1) is 0 Å². The number of rotatable bonds is 15. The molecule has 0 radical (unpaired) electrons. The zero-order chi connectivity index (χ0) is 22.0. The van der Waals surface area contributed by atoms with Crippen LogP contribution in [0.5, 0.6) is 0 Å². The number of carbonyl (C=O) groups is 3. The molecule has 0 bridgehead atoms. The van der Waals surface area contributed by atoms with Gasteiger partial charge in [-0.05, 0) is 12.8 Å². The molecule has 0 heterocycles. The normalized spacial score (nSPS) is 9.43. The van der Waals surface area contributed by atoms with Gasteiger partial charge in [-0.25, -0.2) is 0 Å². The third-order valence-corrected chi connectivity index (χ3v) is 4.07. The average Bonchev–Trinajstić information content (AvgIpc) is 2.67. The number of hydrogen-bond acceptors (Lipinski definition) is 4. The summed E-state index contributed by atoms with van der Waals surface area (Å²) in [6.45, 7) is 6.15. The summed E-state index contributed by atoms with van der Waals surface area (Å²) in [7, 11) is 1.38. The second kappa shape index (κ2) is 27.6. The van der Waals surface area contributed by atoms with Crippen LogP contribution in [0.25, 0.3) is 0 Å². The van der Waals surface area contributed by atoms with Crippen LogP contribution in [0, 0.1) is 0 Å². The van der Waals surface area contributed by atoms with Crippen molar-refractivity contribution in [2.45, 2.75) is 117 Å². The van der Waals surface area contributed by atoms with Crippen molar-refractivity contribution in [1.82, 2.24) is 0 Å². The van der Waals surface area contributed by atoms with Crippen LogP contribution in [0.15, 0.2) is 0 Å². The Morgan fingerprint density at radius 2 is 0.929 bits per heavy atom. The van der Waals surface area contributed by atoms with Crippen molar-refractivity contribution in [3.63, 3.8) is 0 Å². The monoisotopic (exact) mass is 402 g/mol. The fraction of sp³-hybridized carbons (Fsp3) is 0.864. The van der Waals surface area contributed by atoms with E-state index in [-0.39, 0.29) is 17.8 Å². The molecule has 0 aliphatic carbocycles. The van der Waals surface area contributed by atoms with E-state index in [1.165, 1.54) is 58.5 Å². The second-order valence-electron chi connectivity index (χ2n) is 6.90. The Morgan fingerprint density at radius 1 is 0.607 bits per heavy atom. The maximum Gasteiger partial charge on any atom is 0.305 e. The number of nitrogens with two attached hydrogens (primary N) is 2. The molecule has 0 aliphatic rings. The molecule has 28 heavy (non-hydrogen) atoms. The Bertz CT molecular complexity index is 328. The quantitative estimate of drug-likeness (QED) is 0.296. The third-order valence-electron chi connectivity index (χ3n) is 4.07. The minimum Gasteiger partial charge on any atom is -0.469 e. The molecule has 0 rings (SSSR count). The summed E-state index contributed by atoms with van der Waals surface area (Å²) >= 11 is 0. The summed E-state index contributed by atoms with van der Waals surface area (Å²) in [5, 5.41) is 0. The van der Waals surface area contributed by atoms with Crippen LogP contribution in [0.4, 0.5) is 0 Å². The van der Waals surface area contributed by atoms with Gasteiger partial charge in [0.05, 0.1) is 7.11 Å². The number of unbranched alkanes of at least 4 members (excludes halogenated alkanes) is 10. The van der Waals surface area contributed by atoms with Crippen LogP contribution >= 0.6 is 0 Å². The molecular formula is C22H46N2O4. The smallest absolute Gasteiger partial charge is 0.305 e. The molecule has 0 saturated carbocycles. The molecule has 168 valence electrons. The Morgan fingerprint density at radius 3 is 1.14 bits per heavy atom. The maximum atomic E-state index is 10.3. The van der Waals surface area contributed by atoms with Crippen molar-refractivity contribution in [2.24, 2.45) is 11.5 Å². The van der Waals surface area contributed by atoms with Crippen LogP contribution in [0.2, 0.25) is 0 Å². The zero-order valence-electron chi connectivity index (χ0n) is 18.9. The SMILES string of the molecule is CCC(=O)OC.CCCCCCCCC(N)=O.CCCCCCCCC(N)=O. The lowest BCUT2D eigenvalue weighted by atomic mass is 10.1. The highest BCUT2D eigenvalue weighted by Gasteiger charge is 1.94. The minimum atomic E-state index is -0.166. The molecule has 2 amide bonds. The number of methoxy groups -OCH3 is 1. The van der Waals surface area contributed by atoms with E-state index in [1.54, 1.807) is 6.92 Å². The molecule has 0 aromatic heterocycles. The highest BCUT2D eigenvalue weighted by atomic mass is 16.5. The number of primary amides is 2. The van der Waals surface area contributed by atoms with Gasteiger partial charge in [0.15, 0.2) is 0 Å². The summed E-state index contributed by atoms with van der Waals surface area (Å²) in [5.41, 5.74) is 9.99. The van der Waals surface area contributed by atoms with Crippen molar-refractivity contribution in [1.29, 1.82) is 0 Å². The Hall–Kier alpha value is -1.59. The predicted molar refractivity (Wildman–Crippen MR) is 117 cm³/mol. The molecule has 6 heteroatoms. The molecule has 0 spiro atoms. The minimum absolute atomic E-state index is 0.157. The van der Waals surface area contributed by atoms with Crippen molar-refractivity contribution in [3.8, 4) is 0 Å². The van der Waals surface area contributed by atoms with E-state index in [0.717, 1.165) is 25.7 Å². The summed E-state index contributed by atoms with van der Waals surface area (Å²) < 4.78 is 4.26. The number of esters is 1. The molecule has 0 aromatic rings. The summed E-state index contributed by atoms with van der Waals surface area (Å²) in [6, 6.07) is 0. The highest BCUT2D eigenvalue weighted by Crippen LogP contribution is 2.06. The molecule has 0 aromatic carbocycles. The first-order chi connectivity index (χ1) is 13.3. The molecular weight excluding hydrogens is 356 g/mol. The third kappa shape index (κ3) is 39.5. The van der Waals surface area contributed by atoms with Crippen LogP contribution in [0.3, 0.4) is 0 Å². The van der Waals surface area contributed by atoms with Crippen LogP contribution < -0.4 is 11.5 Å². The molecule has 0 aliphatic heterocycles. The van der Waals surface area contributed by atoms with Gasteiger partial charge in [-0.1, -0.05) is 85.0 Å². The first-order valence-electron chi connectivity index (χ1n) is 11.0. The lowest BCUT2D eigenvalue weighted by Gasteiger charge is -1.97. The fourth-order valence-corrected chi connectivity index (χ4v) is 2.30. The summed E-state index contributed by atoms with van der Waals surface area (Å²) in [5.74, 6) is -0.490. The van der Waals surface area contributed by atoms with E-state index in [2.05, 4.69) is 18.6 Å². The van der Waals surface area contributed by atoms with E-state index in [9.17, 15) is 14.4 Å². The first-order valence-corrected chi connectivity index (χ1v) is 11.0. The molecule has 0 saturated heterocycles. The van der Waals surface area contributed by atoms with Gasteiger partial charge in [-0.2, -0.15) is 0 Å². The molecule has 6 nitrogen and oxygen atoms in total. The van der Waals surface area contributed by atoms with E-state index < -0.39 is 0 Å². The topological polar surface area (TPSA) is 112 Å². The van der Waals surface area contributed by atoms with E-state index in [4.69, 9.17) is 11.5 Å². The number of hydrogen-bond donors (Lipinski definition) is 2. The average molecular weight is 403 g/mol. The number of carbonyl (C=O) groups excluding carboxylic acids is 3. The second-order valence-corrected chi connectivity index (χ2v) is 6.90. The summed E-state index contributed by atoms with van der Waals surface area (Å²) in [6.07, 6.45) is 16.1. The Kier molecular flexibility index (Phi) is 30.7. The van der Waals surface area contributed by atoms with E-state index >= 15 is 0 Å². The maximum absolute atomic E-state index is 10.3. The number of ether oxygens (including phenoxy) is 1. The van der Waals surface area contributed by atoms with Crippen LogP contribution in [-0.2, 0) is 19.1 Å². The molecule has 0 atom stereocenters. The van der Waals surface area contributed by atoms with E-state index in [0.29, 0.717) is 19.3 Å². The fourth-order valence-electron chi connectivity index (χ4n) is 2.30. The van der Waals surface area contributed by atoms with Gasteiger partial charge in [0.1, 0.15) is 0 Å². The van der Waals surface area contributed by atoms with Crippen molar-refractivity contribution >= 4 is 17.8 Å². The van der Waals surface area contributed by atoms with Crippen LogP contribution in [-0.4, -0.2) is 24.9 Å². The standard InChI is InChI=1S/2C9H19NO.C4H8O2/c2*1-2-3-4-5-6-7-8-9(10)11;1-3-4(5)6-2/h2*2-8H2,1H3,(H2,10,11);3H2,1-2H3. The van der Waals surface area contributed by atoms with Crippen molar-refractivity contribution < 1.29 is 19.1 Å². The zero-order valence-corrected chi connectivity index (χ0v) is 18.9. The molecule has 4 N–H and O–H groups in total. The number of amides is 2. The Balaban J connectivity index is -0.000000351. The van der Waals surface area contributed by atoms with E-state index in [1.807, 2.05) is 0 Å². The first kappa shape index (κ1) is 31.1. The lowest BCUT2D eigenvalue weighted by Crippen LogP contribution is -2.09. The predicted octanol–water partition coefficient (Wildman–Crippen LogP) is 5.01. The molecule has 0 fully saturated rings. The van der Waals surface area contributed by atoms with Gasteiger partial charge in [0, 0.05) is 19.3 Å². The largest absolute Gasteiger partial charge is 0.469 e. The summed E-state index contributed by atoms with van der Waals surface area (Å²) in [4.78, 5) is 30.6. The van der Waals surface area contributed by atoms with Crippen LogP contribution in [0.1, 0.15) is 117 Å². The van der Waals surface area contributed by atoms with Crippen molar-refractivity contribution in [2.75, 3.05) is 7.11 Å². The van der Waals surface area contributed by atoms with Gasteiger partial charge in [0.25, 0.3) is 0 Å². The molecule has 0 unspecified atom stereocenters. The van der Waals surface area contributed by atoms with Gasteiger partial charge < -0.3 is 16.2 Å². The Labute approximate surface area is 173 Å². The lowest BCUT2D eigenvalue weighted by molar-refractivity contribution is -0.140. The highest BCUT2D eigenvalue weighted by molar-refractivity contribution is 5.73. The van der Waals surface area contributed by atoms with Gasteiger partial charge in [-0.3, -0.25) is 14.4 Å². The van der Waals surface area contributed by atoms with Crippen molar-refractivity contribution in [3.05, 3.63) is 0 Å². The van der Waals surface area contributed by atoms with Gasteiger partial charge >= 0.3 is 5.97 Å². The van der Waals surface area contributed by atoms with Gasteiger partial charge in [0.2, 0.25) is 11.8 Å².